The fraction of sp³-hybridized carbons (Fsp3) is 0.500. The minimum absolute atomic E-state index is 0.0230. The number of carbonyl (C=O) groups excluding carboxylic acids is 1. The Bertz CT molecular complexity index is 1100. The molecule has 2 atom stereocenters. The van der Waals surface area contributed by atoms with Gasteiger partial charge in [0.15, 0.2) is 0 Å². The highest BCUT2D eigenvalue weighted by Crippen LogP contribution is 2.33. The molecule has 8 heteroatoms. The van der Waals surface area contributed by atoms with E-state index < -0.39 is 10.0 Å². The number of amides is 1. The molecule has 34 heavy (non-hydrogen) atoms. The Morgan fingerprint density at radius 3 is 2.41 bits per heavy atom. The van der Waals surface area contributed by atoms with Crippen molar-refractivity contribution in [1.82, 2.24) is 9.21 Å². The third-order valence-corrected chi connectivity index (χ3v) is 8.15. The van der Waals surface area contributed by atoms with Crippen molar-refractivity contribution in [3.8, 4) is 5.75 Å². The lowest BCUT2D eigenvalue weighted by Crippen LogP contribution is -2.46. The number of carbonyl (C=O) groups is 1. The van der Waals surface area contributed by atoms with Crippen LogP contribution in [0.1, 0.15) is 44.2 Å². The fourth-order valence-electron chi connectivity index (χ4n) is 5.40. The molecule has 2 aliphatic rings. The van der Waals surface area contributed by atoms with Gasteiger partial charge >= 0.3 is 0 Å². The zero-order chi connectivity index (χ0) is 24.3. The zero-order valence-corrected chi connectivity index (χ0v) is 21.1. The van der Waals surface area contributed by atoms with Crippen LogP contribution in [0.5, 0.6) is 5.75 Å². The lowest BCUT2D eigenvalue weighted by Gasteiger charge is -2.32. The number of rotatable bonds is 5. The first-order valence-electron chi connectivity index (χ1n) is 12.0. The smallest absolute Gasteiger partial charge is 0.223 e. The van der Waals surface area contributed by atoms with Gasteiger partial charge in [0.1, 0.15) is 5.75 Å². The summed E-state index contributed by atoms with van der Waals surface area (Å²) in [5, 5.41) is 0. The molecule has 2 aliphatic heterocycles. The first kappa shape index (κ1) is 24.7. The molecular formula is C26H35N3O4S. The van der Waals surface area contributed by atoms with Crippen LogP contribution in [-0.2, 0) is 27.9 Å². The first-order chi connectivity index (χ1) is 16.3. The molecule has 0 aromatic heterocycles. The monoisotopic (exact) mass is 485 g/mol. The molecule has 4 rings (SSSR count). The van der Waals surface area contributed by atoms with E-state index in [4.69, 9.17) is 4.74 Å². The summed E-state index contributed by atoms with van der Waals surface area (Å²) in [6.07, 6.45) is 3.60. The van der Waals surface area contributed by atoms with E-state index in [1.165, 1.54) is 6.26 Å². The maximum atomic E-state index is 12.8. The van der Waals surface area contributed by atoms with Crippen molar-refractivity contribution in [3.05, 3.63) is 59.7 Å². The highest BCUT2D eigenvalue weighted by atomic mass is 32.2. The normalized spacial score (nSPS) is 22.1. The number of para-hydroxylation sites is 1. The molecule has 0 radical (unpaired) electrons. The van der Waals surface area contributed by atoms with Gasteiger partial charge in [-0.15, -0.1) is 0 Å². The Hall–Kier alpha value is -2.42. The quantitative estimate of drug-likeness (QED) is 0.647. The summed E-state index contributed by atoms with van der Waals surface area (Å²) in [6, 6.07) is 16.0. The van der Waals surface area contributed by atoms with E-state index in [-0.39, 0.29) is 18.0 Å². The second-order valence-corrected chi connectivity index (χ2v) is 11.2. The van der Waals surface area contributed by atoms with E-state index in [0.717, 1.165) is 35.4 Å². The van der Waals surface area contributed by atoms with Gasteiger partial charge in [-0.3, -0.25) is 9.69 Å². The van der Waals surface area contributed by atoms with Crippen LogP contribution in [0.4, 0.5) is 5.69 Å². The predicted molar refractivity (Wildman–Crippen MR) is 134 cm³/mol. The van der Waals surface area contributed by atoms with Gasteiger partial charge in [-0.25, -0.2) is 8.42 Å². The van der Waals surface area contributed by atoms with Crippen LogP contribution in [0.2, 0.25) is 0 Å². The predicted octanol–water partition coefficient (Wildman–Crippen LogP) is 3.64. The molecule has 0 spiro atoms. The number of ether oxygens (including phenoxy) is 1. The van der Waals surface area contributed by atoms with E-state index >= 15 is 0 Å². The van der Waals surface area contributed by atoms with Crippen molar-refractivity contribution in [2.75, 3.05) is 30.9 Å². The van der Waals surface area contributed by atoms with E-state index in [0.29, 0.717) is 39.2 Å². The summed E-state index contributed by atoms with van der Waals surface area (Å²) >= 11 is 0. The van der Waals surface area contributed by atoms with Crippen LogP contribution >= 0.6 is 0 Å². The van der Waals surface area contributed by atoms with Crippen molar-refractivity contribution in [2.45, 2.75) is 58.3 Å². The molecule has 2 aromatic rings. The number of nitrogens with zero attached hydrogens (tertiary/aromatic N) is 3. The van der Waals surface area contributed by atoms with Crippen LogP contribution in [0.3, 0.4) is 0 Å². The summed E-state index contributed by atoms with van der Waals surface area (Å²) in [4.78, 5) is 16.7. The SMILES string of the molecule is CCOc1ccc(CN2Cc3ccccc3N(C(C)=O)CC[C@H]3CC[C@@H](C2)N3S(C)(=O)=O)cc1. The van der Waals surface area contributed by atoms with E-state index in [1.807, 2.05) is 42.2 Å². The minimum Gasteiger partial charge on any atom is -0.494 e. The van der Waals surface area contributed by atoms with Gasteiger partial charge < -0.3 is 9.64 Å². The molecule has 1 amide bonds. The highest BCUT2D eigenvalue weighted by Gasteiger charge is 2.40. The Morgan fingerprint density at radius 1 is 1.03 bits per heavy atom. The van der Waals surface area contributed by atoms with Crippen molar-refractivity contribution in [3.63, 3.8) is 0 Å². The number of fused-ring (bicyclic) bond motifs is 3. The van der Waals surface area contributed by atoms with Crippen LogP contribution in [0, 0.1) is 0 Å². The van der Waals surface area contributed by atoms with Gasteiger partial charge in [-0.05, 0) is 55.5 Å². The maximum Gasteiger partial charge on any atom is 0.223 e. The molecule has 2 heterocycles. The second-order valence-electron chi connectivity index (χ2n) is 9.31. The molecule has 0 aliphatic carbocycles. The van der Waals surface area contributed by atoms with Crippen molar-refractivity contribution < 1.29 is 17.9 Å². The Labute approximate surface area is 203 Å². The van der Waals surface area contributed by atoms with Crippen molar-refractivity contribution in [1.29, 1.82) is 0 Å². The van der Waals surface area contributed by atoms with Crippen LogP contribution < -0.4 is 9.64 Å². The number of hydrogen-bond donors (Lipinski definition) is 0. The van der Waals surface area contributed by atoms with Crippen molar-refractivity contribution in [2.24, 2.45) is 0 Å². The third kappa shape index (κ3) is 5.62. The lowest BCUT2D eigenvalue weighted by atomic mass is 10.1. The largest absolute Gasteiger partial charge is 0.494 e. The zero-order valence-electron chi connectivity index (χ0n) is 20.3. The molecule has 2 aromatic carbocycles. The van der Waals surface area contributed by atoms with Crippen LogP contribution in [0.25, 0.3) is 0 Å². The molecule has 184 valence electrons. The number of hydrogen-bond acceptors (Lipinski definition) is 5. The van der Waals surface area contributed by atoms with E-state index in [2.05, 4.69) is 23.1 Å². The summed E-state index contributed by atoms with van der Waals surface area (Å²) in [5.74, 6) is 0.818. The summed E-state index contributed by atoms with van der Waals surface area (Å²) in [5.41, 5.74) is 3.13. The standard InChI is InChI=1S/C26H35N3O4S/c1-4-33-25-13-9-21(10-14-25)17-27-18-22-7-5-6-8-26(22)28(20(2)30)16-15-23-11-12-24(19-27)29(23)34(3,31)32/h5-10,13-14,23-24H,4,11-12,15-19H2,1-3H3/t23-,24+/m1/s1. The Balaban J connectivity index is 1.70. The van der Waals surface area contributed by atoms with E-state index in [9.17, 15) is 13.2 Å². The molecule has 0 unspecified atom stereocenters. The molecule has 7 nitrogen and oxygen atoms in total. The van der Waals surface area contributed by atoms with Crippen LogP contribution in [0.15, 0.2) is 48.5 Å². The summed E-state index contributed by atoms with van der Waals surface area (Å²) in [6.45, 7) is 6.64. The van der Waals surface area contributed by atoms with Gasteiger partial charge in [0.25, 0.3) is 0 Å². The van der Waals surface area contributed by atoms with Gasteiger partial charge in [0, 0.05) is 50.9 Å². The number of anilines is 1. The number of benzene rings is 2. The molecule has 0 N–H and O–H groups in total. The van der Waals surface area contributed by atoms with Crippen molar-refractivity contribution >= 4 is 21.6 Å². The molecule has 0 saturated carbocycles. The first-order valence-corrected chi connectivity index (χ1v) is 13.9. The second kappa shape index (κ2) is 10.5. The van der Waals surface area contributed by atoms with Gasteiger partial charge in [-0.1, -0.05) is 30.3 Å². The molecular weight excluding hydrogens is 450 g/mol. The average molecular weight is 486 g/mol. The van der Waals surface area contributed by atoms with Crippen LogP contribution in [-0.4, -0.2) is 61.6 Å². The molecule has 1 fully saturated rings. The minimum atomic E-state index is -3.37. The fourth-order valence-corrected chi connectivity index (χ4v) is 6.86. The van der Waals surface area contributed by atoms with E-state index in [1.54, 1.807) is 11.2 Å². The highest BCUT2D eigenvalue weighted by molar-refractivity contribution is 7.88. The third-order valence-electron chi connectivity index (χ3n) is 6.79. The van der Waals surface area contributed by atoms with Gasteiger partial charge in [0.05, 0.1) is 12.9 Å². The number of sulfonamides is 1. The topological polar surface area (TPSA) is 70.2 Å². The lowest BCUT2D eigenvalue weighted by molar-refractivity contribution is -0.116. The summed E-state index contributed by atoms with van der Waals surface area (Å²) in [7, 11) is -3.37. The average Bonchev–Trinajstić information content (AvgIpc) is 3.17. The Kier molecular flexibility index (Phi) is 7.60. The van der Waals surface area contributed by atoms with Gasteiger partial charge in [-0.2, -0.15) is 4.31 Å². The maximum absolute atomic E-state index is 12.8. The van der Waals surface area contributed by atoms with Gasteiger partial charge in [0.2, 0.25) is 15.9 Å². The Morgan fingerprint density at radius 2 is 1.74 bits per heavy atom. The summed E-state index contributed by atoms with van der Waals surface area (Å²) < 4.78 is 32.9. The molecule has 1 saturated heterocycles. The molecule has 2 bridgehead atoms.